The maximum Gasteiger partial charge on any atom is 0.340 e. The summed E-state index contributed by atoms with van der Waals surface area (Å²) in [6, 6.07) is 10.4. The fraction of sp³-hybridized carbons (Fsp3) is 0.316. The van der Waals surface area contributed by atoms with Gasteiger partial charge in [0.15, 0.2) is 0 Å². The van der Waals surface area contributed by atoms with Crippen LogP contribution in [0.3, 0.4) is 0 Å². The zero-order valence-electron chi connectivity index (χ0n) is 14.7. The minimum absolute atomic E-state index is 0.0987. The highest BCUT2D eigenvalue weighted by molar-refractivity contribution is 5.97. The zero-order valence-corrected chi connectivity index (χ0v) is 14.7. The number of nitrogens with zero attached hydrogens (tertiary/aromatic N) is 1. The number of benzene rings is 1. The first-order valence-corrected chi connectivity index (χ1v) is 8.35. The molecule has 1 unspecified atom stereocenters. The zero-order chi connectivity index (χ0) is 18.2. The molecule has 2 N–H and O–H groups in total. The smallest absolute Gasteiger partial charge is 0.340 e. The molecule has 1 amide bonds. The molecule has 132 valence electrons. The molecule has 0 bridgehead atoms. The minimum atomic E-state index is -0.406. The molecule has 1 heterocycles. The summed E-state index contributed by atoms with van der Waals surface area (Å²) in [5.74, 6) is -0.0803. The molecule has 2 aromatic rings. The van der Waals surface area contributed by atoms with Crippen LogP contribution in [0.1, 0.15) is 47.9 Å². The van der Waals surface area contributed by atoms with Crippen molar-refractivity contribution in [3.63, 3.8) is 0 Å². The van der Waals surface area contributed by atoms with Gasteiger partial charge in [-0.2, -0.15) is 0 Å². The van der Waals surface area contributed by atoms with E-state index < -0.39 is 5.97 Å². The van der Waals surface area contributed by atoms with Crippen LogP contribution in [0.2, 0.25) is 0 Å². The van der Waals surface area contributed by atoms with E-state index in [9.17, 15) is 9.59 Å². The number of hydrogen-bond donors (Lipinski definition) is 2. The van der Waals surface area contributed by atoms with Crippen LogP contribution in [0.5, 0.6) is 0 Å². The Morgan fingerprint density at radius 3 is 2.68 bits per heavy atom. The molecule has 0 aliphatic rings. The number of hydrogen-bond acceptors (Lipinski definition) is 5. The number of para-hydroxylation sites is 1. The number of rotatable bonds is 7. The van der Waals surface area contributed by atoms with Crippen molar-refractivity contribution < 1.29 is 14.3 Å². The fourth-order valence-corrected chi connectivity index (χ4v) is 2.17. The van der Waals surface area contributed by atoms with Gasteiger partial charge in [-0.25, -0.2) is 9.78 Å². The Morgan fingerprint density at radius 2 is 1.96 bits per heavy atom. The first-order valence-electron chi connectivity index (χ1n) is 8.35. The summed E-state index contributed by atoms with van der Waals surface area (Å²) in [7, 11) is 0. The molecular formula is C19H23N3O3. The van der Waals surface area contributed by atoms with Crippen LogP contribution in [0.25, 0.3) is 0 Å². The maximum atomic E-state index is 12.2. The number of carbonyl (C=O) groups excluding carboxylic acids is 2. The third-order valence-corrected chi connectivity index (χ3v) is 3.70. The first kappa shape index (κ1) is 18.4. The molecule has 0 spiro atoms. The van der Waals surface area contributed by atoms with Crippen molar-refractivity contribution >= 4 is 23.4 Å². The average Bonchev–Trinajstić information content (AvgIpc) is 2.62. The van der Waals surface area contributed by atoms with Crippen molar-refractivity contribution in [1.82, 2.24) is 10.3 Å². The summed E-state index contributed by atoms with van der Waals surface area (Å²) in [5, 5.41) is 6.00. The van der Waals surface area contributed by atoms with Gasteiger partial charge in [-0.05, 0) is 44.5 Å². The molecule has 0 saturated carbocycles. The summed E-state index contributed by atoms with van der Waals surface area (Å²) >= 11 is 0. The van der Waals surface area contributed by atoms with E-state index in [0.717, 1.165) is 6.42 Å². The third kappa shape index (κ3) is 5.04. The molecular weight excluding hydrogens is 318 g/mol. The average molecular weight is 341 g/mol. The lowest BCUT2D eigenvalue weighted by Crippen LogP contribution is -2.31. The van der Waals surface area contributed by atoms with Crippen molar-refractivity contribution in [3.05, 3.63) is 53.7 Å². The highest BCUT2D eigenvalue weighted by atomic mass is 16.5. The topological polar surface area (TPSA) is 80.3 Å². The van der Waals surface area contributed by atoms with E-state index in [2.05, 4.69) is 15.6 Å². The number of nitrogens with one attached hydrogen (secondary N) is 2. The predicted octanol–water partition coefficient (Wildman–Crippen LogP) is 3.53. The van der Waals surface area contributed by atoms with Gasteiger partial charge in [-0.15, -0.1) is 0 Å². The van der Waals surface area contributed by atoms with Gasteiger partial charge >= 0.3 is 5.97 Å². The Balaban J connectivity index is 2.20. The Kier molecular flexibility index (Phi) is 6.51. The molecule has 0 radical (unpaired) electrons. The van der Waals surface area contributed by atoms with Crippen LogP contribution in [-0.2, 0) is 4.74 Å². The van der Waals surface area contributed by atoms with Crippen LogP contribution < -0.4 is 10.6 Å². The highest BCUT2D eigenvalue weighted by Gasteiger charge is 2.14. The van der Waals surface area contributed by atoms with E-state index >= 15 is 0 Å². The summed E-state index contributed by atoms with van der Waals surface area (Å²) in [6.45, 7) is 6.02. The summed E-state index contributed by atoms with van der Waals surface area (Å²) in [4.78, 5) is 28.5. The van der Waals surface area contributed by atoms with Gasteiger partial charge in [0.2, 0.25) is 0 Å². The molecule has 0 fully saturated rings. The lowest BCUT2D eigenvalue weighted by atomic mass is 10.1. The monoisotopic (exact) mass is 341 g/mol. The Hall–Kier alpha value is -2.89. The number of ether oxygens (including phenoxy) is 1. The SMILES string of the molecule is CCOC(=O)c1ccccc1Nc1cc(C(=O)NC(C)CC)ccn1. The molecule has 1 atom stereocenters. The van der Waals surface area contributed by atoms with Gasteiger partial charge in [0.1, 0.15) is 5.82 Å². The normalized spacial score (nSPS) is 11.5. The third-order valence-electron chi connectivity index (χ3n) is 3.70. The van der Waals surface area contributed by atoms with Gasteiger partial charge in [0, 0.05) is 17.8 Å². The van der Waals surface area contributed by atoms with E-state index in [1.165, 1.54) is 0 Å². The van der Waals surface area contributed by atoms with Crippen LogP contribution in [0, 0.1) is 0 Å². The number of carbonyl (C=O) groups is 2. The molecule has 0 aliphatic heterocycles. The summed E-state index contributed by atoms with van der Waals surface area (Å²) in [6.07, 6.45) is 2.41. The van der Waals surface area contributed by atoms with Crippen LogP contribution in [-0.4, -0.2) is 29.5 Å². The molecule has 2 rings (SSSR count). The largest absolute Gasteiger partial charge is 0.462 e. The number of amides is 1. The molecule has 1 aromatic heterocycles. The van der Waals surface area contributed by atoms with Crippen molar-refractivity contribution in [2.75, 3.05) is 11.9 Å². The molecule has 6 heteroatoms. The summed E-state index contributed by atoms with van der Waals surface area (Å²) in [5.41, 5.74) is 1.50. The molecule has 25 heavy (non-hydrogen) atoms. The number of pyridine rings is 1. The van der Waals surface area contributed by atoms with Gasteiger partial charge in [0.25, 0.3) is 5.91 Å². The van der Waals surface area contributed by atoms with Gasteiger partial charge in [0.05, 0.1) is 17.9 Å². The number of aromatic nitrogens is 1. The number of anilines is 2. The fourth-order valence-electron chi connectivity index (χ4n) is 2.17. The highest BCUT2D eigenvalue weighted by Crippen LogP contribution is 2.21. The second-order valence-electron chi connectivity index (χ2n) is 5.60. The van der Waals surface area contributed by atoms with Crippen molar-refractivity contribution in [2.24, 2.45) is 0 Å². The predicted molar refractivity (Wildman–Crippen MR) is 97.1 cm³/mol. The minimum Gasteiger partial charge on any atom is -0.462 e. The van der Waals surface area contributed by atoms with E-state index in [-0.39, 0.29) is 11.9 Å². The van der Waals surface area contributed by atoms with E-state index in [1.54, 1.807) is 43.5 Å². The standard InChI is InChI=1S/C19H23N3O3/c1-4-13(3)21-18(23)14-10-11-20-17(12-14)22-16-9-7-6-8-15(16)19(24)25-5-2/h6-13H,4-5H2,1-3H3,(H,20,22)(H,21,23). The van der Waals surface area contributed by atoms with Gasteiger partial charge in [-0.1, -0.05) is 19.1 Å². The molecule has 0 aliphatic carbocycles. The lowest BCUT2D eigenvalue weighted by molar-refractivity contribution is 0.0527. The van der Waals surface area contributed by atoms with Crippen LogP contribution in [0.15, 0.2) is 42.6 Å². The molecule has 1 aromatic carbocycles. The van der Waals surface area contributed by atoms with Gasteiger partial charge < -0.3 is 15.4 Å². The Labute approximate surface area is 147 Å². The molecule has 6 nitrogen and oxygen atoms in total. The first-order chi connectivity index (χ1) is 12.0. The summed E-state index contributed by atoms with van der Waals surface area (Å²) < 4.78 is 5.06. The van der Waals surface area contributed by atoms with Crippen LogP contribution in [0.4, 0.5) is 11.5 Å². The van der Waals surface area contributed by atoms with Crippen molar-refractivity contribution in [3.8, 4) is 0 Å². The quantitative estimate of drug-likeness (QED) is 0.753. The lowest BCUT2D eigenvalue weighted by Gasteiger charge is -2.13. The Bertz CT molecular complexity index is 746. The van der Waals surface area contributed by atoms with E-state index in [4.69, 9.17) is 4.74 Å². The van der Waals surface area contributed by atoms with Crippen molar-refractivity contribution in [2.45, 2.75) is 33.2 Å². The van der Waals surface area contributed by atoms with Crippen LogP contribution >= 0.6 is 0 Å². The Morgan fingerprint density at radius 1 is 1.20 bits per heavy atom. The molecule has 0 saturated heterocycles. The second kappa shape index (κ2) is 8.82. The number of esters is 1. The van der Waals surface area contributed by atoms with E-state index in [0.29, 0.717) is 29.2 Å². The van der Waals surface area contributed by atoms with E-state index in [1.807, 2.05) is 19.9 Å². The van der Waals surface area contributed by atoms with Crippen molar-refractivity contribution in [1.29, 1.82) is 0 Å². The van der Waals surface area contributed by atoms with Gasteiger partial charge in [-0.3, -0.25) is 4.79 Å². The maximum absolute atomic E-state index is 12.2. The second-order valence-corrected chi connectivity index (χ2v) is 5.60.